The van der Waals surface area contributed by atoms with Gasteiger partial charge in [0, 0.05) is 82.9 Å². The largest absolute Gasteiger partial charge is 0.401 e. The van der Waals surface area contributed by atoms with Crippen LogP contribution in [0.25, 0.3) is 0 Å². The lowest BCUT2D eigenvalue weighted by molar-refractivity contribution is -0.122. The maximum Gasteiger partial charge on any atom is 0.220 e. The number of hydrogen-bond acceptors (Lipinski definition) is 15. The predicted octanol–water partition coefficient (Wildman–Crippen LogP) is 9.74. The summed E-state index contributed by atoms with van der Waals surface area (Å²) >= 11 is 4.21. The Labute approximate surface area is 460 Å². The van der Waals surface area contributed by atoms with E-state index in [4.69, 9.17) is 25.8 Å². The molecular weight excluding hydrogens is 957 g/mol. The number of hydrazine groups is 1. The molecule has 74 heavy (non-hydrogen) atoms. The lowest BCUT2D eigenvalue weighted by Gasteiger charge is -2.27. The summed E-state index contributed by atoms with van der Waals surface area (Å²) in [5.74, 6) is 6.13. The van der Waals surface area contributed by atoms with E-state index in [0.717, 1.165) is 76.9 Å². The van der Waals surface area contributed by atoms with E-state index in [-0.39, 0.29) is 18.4 Å². The molecule has 16 nitrogen and oxygen atoms in total. The third-order valence-electron chi connectivity index (χ3n) is 11.9. The van der Waals surface area contributed by atoms with Gasteiger partial charge in [0.05, 0.1) is 46.2 Å². The van der Waals surface area contributed by atoms with Gasteiger partial charge in [0.15, 0.2) is 0 Å². The Balaban J connectivity index is -0.000000440. The smallest absolute Gasteiger partial charge is 0.220 e. The number of Topliss-reactive ketones (excluding diaryl/α,β-unsaturated/α-hetero) is 1. The van der Waals surface area contributed by atoms with Crippen LogP contribution in [0.2, 0.25) is 0 Å². The Morgan fingerprint density at radius 3 is 1.43 bits per heavy atom. The second kappa shape index (κ2) is 68.4. The number of rotatable bonds is 47. The first-order valence-electron chi connectivity index (χ1n) is 29.2. The Hall–Kier alpha value is -2.64. The molecule has 0 bridgehead atoms. The number of unbranched alkanes of at least 4 members (excludes halogenated alkanes) is 21. The molecule has 1 rings (SSSR count). The quantitative estimate of drug-likeness (QED) is 0.0110. The molecule has 440 valence electrons. The lowest BCUT2D eigenvalue weighted by Crippen LogP contribution is -2.39. The van der Waals surface area contributed by atoms with Gasteiger partial charge in [0.1, 0.15) is 18.4 Å². The first kappa shape index (κ1) is 77.9. The molecule has 1 aliphatic heterocycles. The molecule has 0 aromatic carbocycles. The minimum absolute atomic E-state index is 0.0459. The average Bonchev–Trinajstić information content (AvgIpc) is 3.39. The Kier molecular flexibility index (Phi) is 71.9. The molecular formula is C57H118N8O8S. The van der Waals surface area contributed by atoms with Crippen molar-refractivity contribution in [3.8, 4) is 0 Å². The standard InChI is InChI=1S/C22H46.C14H28N2O5.C13H27N3O.C5H12N2S.C3H5NO2/c1-3-5-7-9-11-13-15-17-19-21-22-20-18-16-14-12-10-8-6-4-2;1-15-5-8-19-10-12-21-13-11-20-9-6-16-14(18)4-2-3-7-17;1-4-5-9-16(15)10-12(14)7-6-8-13(17)11(2)3;1-6-2-4-7(8)5-3-6;5-2-1-4-3-6/h3-22H2,1-2H3;7,15H,2-6,8-13H2,1H3,(H,16,18);10-11H,4-9,14-15H2,1-3H3;8H,2-5H2,1H3;2-3H,1H2,(H,4,6)/b;;12-10-;;. The van der Waals surface area contributed by atoms with Crippen LogP contribution in [0, 0.1) is 5.92 Å². The summed E-state index contributed by atoms with van der Waals surface area (Å²) < 4.78 is 18.0. The Bertz CT molecular complexity index is 1160. The molecule has 2 amide bonds. The van der Waals surface area contributed by atoms with Crippen molar-refractivity contribution >= 4 is 43.5 Å². The van der Waals surface area contributed by atoms with Gasteiger partial charge in [-0.05, 0) is 39.8 Å². The normalized spacial score (nSPS) is 12.4. The van der Waals surface area contributed by atoms with Gasteiger partial charge in [0.25, 0.3) is 0 Å². The molecule has 0 aromatic heterocycles. The van der Waals surface area contributed by atoms with Gasteiger partial charge in [-0.1, -0.05) is 182 Å². The third-order valence-corrected chi connectivity index (χ3v) is 12.3. The minimum Gasteiger partial charge on any atom is -0.401 e. The number of nitrogens with zero attached hydrogens (tertiary/aromatic N) is 3. The number of nitrogens with two attached hydrogens (primary N) is 2. The SMILES string of the molecule is CCCCCCCCCCCCCCCCCCCCCC.CCCCN(N)/C=C(\N)CCCC(=O)C(C)C.CN1CCN(S)CC1.CNCCOCCOCCOCCNC(=O)CCCC=O.O=CCNC=O. The highest BCUT2D eigenvalue weighted by atomic mass is 32.1. The summed E-state index contributed by atoms with van der Waals surface area (Å²) in [6.45, 7) is 20.6. The van der Waals surface area contributed by atoms with Crippen molar-refractivity contribution in [2.24, 2.45) is 17.5 Å². The van der Waals surface area contributed by atoms with Crippen LogP contribution < -0.4 is 27.5 Å². The van der Waals surface area contributed by atoms with Gasteiger partial charge in [-0.3, -0.25) is 18.7 Å². The van der Waals surface area contributed by atoms with Crippen molar-refractivity contribution in [3.05, 3.63) is 11.9 Å². The number of ether oxygens (including phenoxy) is 3. The zero-order chi connectivity index (χ0) is 55.8. The molecule has 1 saturated heterocycles. The maximum atomic E-state index is 11.4. The van der Waals surface area contributed by atoms with Crippen LogP contribution in [-0.2, 0) is 38.2 Å². The number of nitrogens with one attached hydrogen (secondary N) is 3. The molecule has 0 radical (unpaired) electrons. The summed E-state index contributed by atoms with van der Waals surface area (Å²) in [6, 6.07) is 0. The monoisotopic (exact) mass is 1070 g/mol. The lowest BCUT2D eigenvalue weighted by atomic mass is 10.0. The number of likely N-dealkylation sites (N-methyl/N-ethyl adjacent to an activating group) is 2. The van der Waals surface area contributed by atoms with Gasteiger partial charge < -0.3 is 55.4 Å². The number of allylic oxidation sites excluding steroid dienone is 1. The van der Waals surface area contributed by atoms with E-state index in [9.17, 15) is 24.0 Å². The summed E-state index contributed by atoms with van der Waals surface area (Å²) in [4.78, 5) is 53.7. The molecule has 0 aromatic rings. The molecule has 0 atom stereocenters. The molecule has 1 fully saturated rings. The second-order valence-electron chi connectivity index (χ2n) is 19.4. The summed E-state index contributed by atoms with van der Waals surface area (Å²) in [7, 11) is 4.02. The van der Waals surface area contributed by atoms with Crippen molar-refractivity contribution in [3.63, 3.8) is 0 Å². The first-order valence-corrected chi connectivity index (χ1v) is 29.6. The molecule has 1 aliphatic rings. The Morgan fingerprint density at radius 1 is 0.608 bits per heavy atom. The molecule has 0 aliphatic carbocycles. The fourth-order valence-electron chi connectivity index (χ4n) is 7.07. The number of aldehydes is 2. The zero-order valence-corrected chi connectivity index (χ0v) is 49.7. The first-order chi connectivity index (χ1) is 35.9. The third kappa shape index (κ3) is 73.6. The Morgan fingerprint density at radius 2 is 1.05 bits per heavy atom. The minimum atomic E-state index is -0.0459. The van der Waals surface area contributed by atoms with Crippen LogP contribution in [-0.4, -0.2) is 151 Å². The van der Waals surface area contributed by atoms with Gasteiger partial charge in [-0.2, -0.15) is 0 Å². The summed E-state index contributed by atoms with van der Waals surface area (Å²) in [5.41, 5.74) is 6.59. The van der Waals surface area contributed by atoms with Gasteiger partial charge in [-0.15, -0.1) is 0 Å². The molecule has 0 saturated carbocycles. The number of piperazine rings is 1. The number of hydrogen-bond donors (Lipinski definition) is 6. The van der Waals surface area contributed by atoms with Crippen LogP contribution in [0.4, 0.5) is 0 Å². The van der Waals surface area contributed by atoms with Crippen molar-refractivity contribution in [1.29, 1.82) is 0 Å². The number of carbonyl (C=O) groups excluding carboxylic acids is 5. The van der Waals surface area contributed by atoms with Crippen LogP contribution in [0.5, 0.6) is 0 Å². The van der Waals surface area contributed by atoms with Gasteiger partial charge in [-0.25, -0.2) is 5.84 Å². The van der Waals surface area contributed by atoms with Crippen LogP contribution >= 0.6 is 12.8 Å². The van der Waals surface area contributed by atoms with E-state index in [1.165, 1.54) is 128 Å². The van der Waals surface area contributed by atoms with E-state index in [1.54, 1.807) is 11.2 Å². The number of ketones is 1. The molecule has 17 heteroatoms. The number of amides is 2. The van der Waals surface area contributed by atoms with Crippen molar-refractivity contribution < 1.29 is 38.2 Å². The van der Waals surface area contributed by atoms with Crippen molar-refractivity contribution in [2.45, 2.75) is 214 Å². The van der Waals surface area contributed by atoms with Crippen LogP contribution in [0.3, 0.4) is 0 Å². The summed E-state index contributed by atoms with van der Waals surface area (Å²) in [6.07, 6.45) is 38.8. The van der Waals surface area contributed by atoms with E-state index in [2.05, 4.69) is 65.8 Å². The fraction of sp³-hybridized carbons (Fsp3) is 0.877. The highest BCUT2D eigenvalue weighted by molar-refractivity contribution is 7.77. The maximum absolute atomic E-state index is 11.4. The highest BCUT2D eigenvalue weighted by Gasteiger charge is 2.09. The van der Waals surface area contributed by atoms with E-state index in [1.807, 2.05) is 20.9 Å². The summed E-state index contributed by atoms with van der Waals surface area (Å²) in [5, 5.41) is 9.49. The molecule has 1 heterocycles. The number of carbonyl (C=O) groups is 5. The predicted molar refractivity (Wildman–Crippen MR) is 313 cm³/mol. The number of thiol groups is 1. The van der Waals surface area contributed by atoms with Crippen molar-refractivity contribution in [1.82, 2.24) is 30.2 Å². The average molecular weight is 1080 g/mol. The topological polar surface area (TPSA) is 211 Å². The van der Waals surface area contributed by atoms with E-state index >= 15 is 0 Å². The van der Waals surface area contributed by atoms with E-state index in [0.29, 0.717) is 90.3 Å². The highest BCUT2D eigenvalue weighted by Crippen LogP contribution is 2.15. The van der Waals surface area contributed by atoms with Gasteiger partial charge >= 0.3 is 0 Å². The van der Waals surface area contributed by atoms with Gasteiger partial charge in [0.2, 0.25) is 12.3 Å². The van der Waals surface area contributed by atoms with Crippen LogP contribution in [0.15, 0.2) is 11.9 Å². The zero-order valence-electron chi connectivity index (χ0n) is 48.8. The van der Waals surface area contributed by atoms with Crippen LogP contribution in [0.1, 0.15) is 214 Å². The molecule has 0 unspecified atom stereocenters. The molecule has 0 spiro atoms. The second-order valence-corrected chi connectivity index (χ2v) is 20.0. The fourth-order valence-corrected chi connectivity index (χ4v) is 7.25. The molecule has 7 N–H and O–H groups in total. The van der Waals surface area contributed by atoms with Crippen molar-refractivity contribution in [2.75, 3.05) is 106 Å². The van der Waals surface area contributed by atoms with E-state index < -0.39 is 0 Å².